The molecule has 0 amide bonds. The number of fused-ring (bicyclic) bond motifs is 1. The zero-order chi connectivity index (χ0) is 15.9. The predicted molar refractivity (Wildman–Crippen MR) is 96.6 cm³/mol. The summed E-state index contributed by atoms with van der Waals surface area (Å²) in [7, 11) is 0. The van der Waals surface area contributed by atoms with Gasteiger partial charge in [0.2, 0.25) is 0 Å². The zero-order valence-corrected chi connectivity index (χ0v) is 14.2. The molecule has 5 heteroatoms. The second-order valence-corrected chi connectivity index (χ2v) is 6.68. The largest absolute Gasteiger partial charge is 0.369 e. The molecule has 2 aromatic rings. The predicted octanol–water partition coefficient (Wildman–Crippen LogP) is 3.13. The Hall–Kier alpha value is -2.14. The summed E-state index contributed by atoms with van der Waals surface area (Å²) >= 11 is 3.58. The van der Waals surface area contributed by atoms with E-state index in [-0.39, 0.29) is 0 Å². The molecule has 0 aromatic heterocycles. The lowest BCUT2D eigenvalue weighted by atomic mass is 9.82. The fraction of sp³-hybridized carbons (Fsp3) is 0.222. The lowest BCUT2D eigenvalue weighted by Gasteiger charge is -2.33. The van der Waals surface area contributed by atoms with Gasteiger partial charge in [-0.05, 0) is 29.7 Å². The fourth-order valence-electron chi connectivity index (χ4n) is 3.37. The number of aliphatic imine (C=N–C) groups is 2. The van der Waals surface area contributed by atoms with Crippen molar-refractivity contribution < 1.29 is 0 Å². The molecule has 0 spiro atoms. The summed E-state index contributed by atoms with van der Waals surface area (Å²) in [5.41, 5.74) is 7.76. The van der Waals surface area contributed by atoms with E-state index in [2.05, 4.69) is 45.1 Å². The number of hydrogen-bond acceptors (Lipinski definition) is 4. The Morgan fingerprint density at radius 1 is 1.04 bits per heavy atom. The molecule has 0 aliphatic carbocycles. The van der Waals surface area contributed by atoms with E-state index in [1.807, 2.05) is 30.3 Å². The lowest BCUT2D eigenvalue weighted by Crippen LogP contribution is -2.46. The average molecular weight is 369 g/mol. The van der Waals surface area contributed by atoms with Crippen molar-refractivity contribution in [1.29, 1.82) is 0 Å². The lowest BCUT2D eigenvalue weighted by molar-refractivity contribution is 0.531. The molecule has 1 atom stereocenters. The summed E-state index contributed by atoms with van der Waals surface area (Å²) in [5.74, 6) is 1.48. The summed E-state index contributed by atoms with van der Waals surface area (Å²) in [4.78, 5) is 11.8. The van der Waals surface area contributed by atoms with Crippen LogP contribution in [0.2, 0.25) is 0 Å². The highest BCUT2D eigenvalue weighted by molar-refractivity contribution is 9.10. The molecule has 23 heavy (non-hydrogen) atoms. The van der Waals surface area contributed by atoms with Crippen molar-refractivity contribution in [2.75, 3.05) is 13.1 Å². The minimum Gasteiger partial charge on any atom is -0.369 e. The topological polar surface area (TPSA) is 54.0 Å². The van der Waals surface area contributed by atoms with Gasteiger partial charge in [0.15, 0.2) is 11.5 Å². The van der Waals surface area contributed by atoms with Crippen LogP contribution in [0.5, 0.6) is 0 Å². The Kier molecular flexibility index (Phi) is 3.45. The summed E-state index contributed by atoms with van der Waals surface area (Å²) < 4.78 is 1.02. The third kappa shape index (κ3) is 2.18. The standard InChI is InChI=1S/C18H17BrN4/c19-15-9-4-8-14(12-15)18(13-6-2-1-3-7-13)16-21-10-5-11-23(16)17(20)22-18/h1-4,6-9,12H,5,10-11H2,(H2,20,22)/t18-/m1/s1. The maximum Gasteiger partial charge on any atom is 0.198 e. The van der Waals surface area contributed by atoms with Gasteiger partial charge < -0.3 is 5.73 Å². The maximum absolute atomic E-state index is 6.26. The molecular formula is C18H17BrN4. The molecule has 2 aliphatic heterocycles. The first kappa shape index (κ1) is 14.5. The van der Waals surface area contributed by atoms with Gasteiger partial charge in [-0.1, -0.05) is 58.4 Å². The minimum atomic E-state index is -0.657. The first-order chi connectivity index (χ1) is 11.2. The maximum atomic E-state index is 6.26. The Morgan fingerprint density at radius 2 is 1.83 bits per heavy atom. The van der Waals surface area contributed by atoms with Crippen LogP contribution in [0.4, 0.5) is 0 Å². The molecule has 4 nitrogen and oxygen atoms in total. The van der Waals surface area contributed by atoms with E-state index in [1.165, 1.54) is 0 Å². The SMILES string of the molecule is NC1=N[C@](c2ccccc2)(c2cccc(Br)c2)C2=NCCCN12. The van der Waals surface area contributed by atoms with Gasteiger partial charge in [0.1, 0.15) is 5.84 Å². The van der Waals surface area contributed by atoms with Gasteiger partial charge in [0.25, 0.3) is 0 Å². The van der Waals surface area contributed by atoms with E-state index >= 15 is 0 Å². The number of guanidine groups is 1. The number of halogens is 1. The molecule has 0 radical (unpaired) electrons. The van der Waals surface area contributed by atoms with Crippen molar-refractivity contribution in [3.8, 4) is 0 Å². The highest BCUT2D eigenvalue weighted by atomic mass is 79.9. The van der Waals surface area contributed by atoms with Gasteiger partial charge in [-0.15, -0.1) is 0 Å². The van der Waals surface area contributed by atoms with Gasteiger partial charge in [0, 0.05) is 17.6 Å². The van der Waals surface area contributed by atoms with E-state index in [4.69, 9.17) is 15.7 Å². The highest BCUT2D eigenvalue weighted by Gasteiger charge is 2.48. The summed E-state index contributed by atoms with van der Waals surface area (Å²) in [6, 6.07) is 18.5. The van der Waals surface area contributed by atoms with E-state index in [0.29, 0.717) is 5.96 Å². The van der Waals surface area contributed by atoms with Gasteiger partial charge in [-0.25, -0.2) is 4.99 Å². The van der Waals surface area contributed by atoms with Gasteiger partial charge in [-0.2, -0.15) is 0 Å². The summed E-state index contributed by atoms with van der Waals surface area (Å²) in [5, 5.41) is 0. The van der Waals surface area contributed by atoms with E-state index in [1.54, 1.807) is 0 Å². The second-order valence-electron chi connectivity index (χ2n) is 5.77. The molecule has 2 heterocycles. The number of nitrogens with two attached hydrogens (primary N) is 1. The van der Waals surface area contributed by atoms with Crippen LogP contribution in [0, 0.1) is 0 Å². The van der Waals surface area contributed by atoms with Gasteiger partial charge in [0.05, 0.1) is 0 Å². The molecule has 0 saturated carbocycles. The second kappa shape index (κ2) is 5.49. The van der Waals surface area contributed by atoms with Gasteiger partial charge >= 0.3 is 0 Å². The summed E-state index contributed by atoms with van der Waals surface area (Å²) in [6.45, 7) is 1.69. The molecule has 4 rings (SSSR count). The summed E-state index contributed by atoms with van der Waals surface area (Å²) in [6.07, 6.45) is 1.00. The van der Waals surface area contributed by atoms with E-state index in [9.17, 15) is 0 Å². The van der Waals surface area contributed by atoms with Crippen LogP contribution in [-0.2, 0) is 5.54 Å². The fourth-order valence-corrected chi connectivity index (χ4v) is 3.77. The van der Waals surface area contributed by atoms with Gasteiger partial charge in [-0.3, -0.25) is 9.89 Å². The Bertz CT molecular complexity index is 800. The van der Waals surface area contributed by atoms with Crippen molar-refractivity contribution in [3.05, 3.63) is 70.2 Å². The number of benzene rings is 2. The van der Waals surface area contributed by atoms with Crippen LogP contribution in [0.1, 0.15) is 17.5 Å². The smallest absolute Gasteiger partial charge is 0.198 e. The quantitative estimate of drug-likeness (QED) is 0.885. The van der Waals surface area contributed by atoms with Crippen LogP contribution in [0.25, 0.3) is 0 Å². The zero-order valence-electron chi connectivity index (χ0n) is 12.6. The van der Waals surface area contributed by atoms with E-state index < -0.39 is 5.54 Å². The van der Waals surface area contributed by atoms with E-state index in [0.717, 1.165) is 40.9 Å². The molecule has 0 fully saturated rings. The number of nitrogens with zero attached hydrogens (tertiary/aromatic N) is 3. The molecule has 2 aromatic carbocycles. The number of hydrogen-bond donors (Lipinski definition) is 1. The normalized spacial score (nSPS) is 23.3. The third-order valence-corrected chi connectivity index (χ3v) is 4.87. The minimum absolute atomic E-state index is 0.548. The third-order valence-electron chi connectivity index (χ3n) is 4.37. The average Bonchev–Trinajstić information content (AvgIpc) is 2.90. The molecule has 0 saturated heterocycles. The molecular weight excluding hydrogens is 352 g/mol. The first-order valence-corrected chi connectivity index (χ1v) is 8.50. The number of amidine groups is 1. The monoisotopic (exact) mass is 368 g/mol. The van der Waals surface area contributed by atoms with Crippen molar-refractivity contribution >= 4 is 27.7 Å². The molecule has 116 valence electrons. The molecule has 2 N–H and O–H groups in total. The van der Waals surface area contributed by atoms with Crippen LogP contribution >= 0.6 is 15.9 Å². The first-order valence-electron chi connectivity index (χ1n) is 7.71. The number of rotatable bonds is 2. The molecule has 0 unspecified atom stereocenters. The highest BCUT2D eigenvalue weighted by Crippen LogP contribution is 2.41. The van der Waals surface area contributed by atoms with Crippen molar-refractivity contribution in [1.82, 2.24) is 4.90 Å². The Morgan fingerprint density at radius 3 is 2.61 bits per heavy atom. The van der Waals surface area contributed by atoms with Crippen LogP contribution < -0.4 is 5.73 Å². The Labute approximate surface area is 143 Å². The Balaban J connectivity index is 2.01. The van der Waals surface area contributed by atoms with Crippen LogP contribution in [0.3, 0.4) is 0 Å². The van der Waals surface area contributed by atoms with Crippen molar-refractivity contribution in [3.63, 3.8) is 0 Å². The molecule has 0 bridgehead atoms. The van der Waals surface area contributed by atoms with Crippen LogP contribution in [0.15, 0.2) is 69.1 Å². The van der Waals surface area contributed by atoms with Crippen molar-refractivity contribution in [2.24, 2.45) is 15.7 Å². The molecule has 2 aliphatic rings. The van der Waals surface area contributed by atoms with Crippen molar-refractivity contribution in [2.45, 2.75) is 12.0 Å². The van der Waals surface area contributed by atoms with Crippen LogP contribution in [-0.4, -0.2) is 29.8 Å².